The van der Waals surface area contributed by atoms with Crippen LogP contribution in [-0.4, -0.2) is 38.3 Å². The van der Waals surface area contributed by atoms with E-state index in [0.717, 1.165) is 72.1 Å². The molecule has 1 aromatic carbocycles. The fourth-order valence-corrected chi connectivity index (χ4v) is 5.32. The SMILES string of the molecule is Cc1nccc(-c2c(C)nc(N3CCC4(CC3)Cc3ccccc3O4)c3ccnn23)c1Cl. The van der Waals surface area contributed by atoms with Crippen molar-refractivity contribution in [1.29, 1.82) is 0 Å². The van der Waals surface area contributed by atoms with E-state index in [1.807, 2.05) is 42.8 Å². The monoisotopic (exact) mass is 445 g/mol. The van der Waals surface area contributed by atoms with Crippen LogP contribution < -0.4 is 9.64 Å². The maximum atomic E-state index is 6.61. The van der Waals surface area contributed by atoms with Crippen molar-refractivity contribution in [3.8, 4) is 17.0 Å². The molecular weight excluding hydrogens is 422 g/mol. The standard InChI is InChI=1S/C25H24ClN5O/c1-16-22(26)19(7-11-27-16)23-17(2)29-24(20-8-12-28-31(20)23)30-13-9-25(10-14-30)15-18-5-3-4-6-21(18)32-25/h3-8,11-12H,9-10,13-15H2,1-2H3. The molecule has 162 valence electrons. The predicted molar refractivity (Wildman–Crippen MR) is 126 cm³/mol. The minimum Gasteiger partial charge on any atom is -0.487 e. The number of benzene rings is 1. The molecule has 32 heavy (non-hydrogen) atoms. The normalized spacial score (nSPS) is 17.0. The molecule has 0 radical (unpaired) electrons. The van der Waals surface area contributed by atoms with E-state index in [-0.39, 0.29) is 5.60 Å². The van der Waals surface area contributed by atoms with Crippen molar-refractivity contribution in [3.05, 3.63) is 70.8 Å². The Hall–Kier alpha value is -3.12. The lowest BCUT2D eigenvalue weighted by molar-refractivity contribution is 0.0667. The molecule has 1 saturated heterocycles. The number of aromatic nitrogens is 4. The van der Waals surface area contributed by atoms with E-state index in [1.165, 1.54) is 5.56 Å². The molecule has 0 aliphatic carbocycles. The molecule has 2 aliphatic heterocycles. The number of para-hydroxylation sites is 1. The molecule has 2 aliphatic rings. The molecule has 1 fully saturated rings. The van der Waals surface area contributed by atoms with Crippen LogP contribution in [0.4, 0.5) is 5.82 Å². The first-order chi connectivity index (χ1) is 15.5. The van der Waals surface area contributed by atoms with Crippen molar-refractivity contribution in [3.63, 3.8) is 0 Å². The van der Waals surface area contributed by atoms with Gasteiger partial charge in [0.05, 0.1) is 28.3 Å². The van der Waals surface area contributed by atoms with Crippen LogP contribution >= 0.6 is 11.6 Å². The Morgan fingerprint density at radius 2 is 1.81 bits per heavy atom. The lowest BCUT2D eigenvalue weighted by atomic mass is 9.87. The number of rotatable bonds is 2. The topological polar surface area (TPSA) is 55.5 Å². The first kappa shape index (κ1) is 19.6. The number of hydrogen-bond donors (Lipinski definition) is 0. The van der Waals surface area contributed by atoms with Gasteiger partial charge in [0, 0.05) is 44.1 Å². The second-order valence-electron chi connectivity index (χ2n) is 8.81. The van der Waals surface area contributed by atoms with Crippen LogP contribution in [0.3, 0.4) is 0 Å². The van der Waals surface area contributed by atoms with Crippen LogP contribution in [0, 0.1) is 13.8 Å². The van der Waals surface area contributed by atoms with Crippen molar-refractivity contribution in [2.75, 3.05) is 18.0 Å². The summed E-state index contributed by atoms with van der Waals surface area (Å²) in [7, 11) is 0. The van der Waals surface area contributed by atoms with E-state index < -0.39 is 0 Å². The summed E-state index contributed by atoms with van der Waals surface area (Å²) in [5.41, 5.74) is 5.73. The van der Waals surface area contributed by atoms with Gasteiger partial charge in [0.1, 0.15) is 16.9 Å². The van der Waals surface area contributed by atoms with E-state index in [2.05, 4.69) is 33.2 Å². The zero-order valence-electron chi connectivity index (χ0n) is 18.2. The first-order valence-corrected chi connectivity index (χ1v) is 11.4. The highest BCUT2D eigenvalue weighted by molar-refractivity contribution is 6.33. The van der Waals surface area contributed by atoms with Crippen molar-refractivity contribution in [2.45, 2.75) is 38.7 Å². The van der Waals surface area contributed by atoms with Crippen LogP contribution in [-0.2, 0) is 6.42 Å². The zero-order valence-corrected chi connectivity index (χ0v) is 18.9. The summed E-state index contributed by atoms with van der Waals surface area (Å²) < 4.78 is 8.39. The molecule has 0 atom stereocenters. The Labute approximate surface area is 191 Å². The summed E-state index contributed by atoms with van der Waals surface area (Å²) in [6, 6.07) is 12.4. The molecule has 0 N–H and O–H groups in total. The van der Waals surface area contributed by atoms with Crippen LogP contribution in [0.2, 0.25) is 5.02 Å². The van der Waals surface area contributed by atoms with Gasteiger partial charge >= 0.3 is 0 Å². The van der Waals surface area contributed by atoms with Gasteiger partial charge in [-0.15, -0.1) is 0 Å². The smallest absolute Gasteiger partial charge is 0.155 e. The van der Waals surface area contributed by atoms with Crippen LogP contribution in [0.25, 0.3) is 16.8 Å². The third-order valence-corrected chi connectivity index (χ3v) is 7.28. The average molecular weight is 446 g/mol. The third-order valence-electron chi connectivity index (χ3n) is 6.80. The number of piperidine rings is 1. The highest BCUT2D eigenvalue weighted by atomic mass is 35.5. The molecule has 5 heterocycles. The molecule has 4 aromatic rings. The summed E-state index contributed by atoms with van der Waals surface area (Å²) in [6.07, 6.45) is 6.54. The van der Waals surface area contributed by atoms with Gasteiger partial charge in [-0.25, -0.2) is 9.50 Å². The van der Waals surface area contributed by atoms with Gasteiger partial charge in [-0.2, -0.15) is 5.10 Å². The van der Waals surface area contributed by atoms with Crippen LogP contribution in [0.1, 0.15) is 29.8 Å². The molecule has 6 nitrogen and oxygen atoms in total. The second kappa shape index (κ2) is 7.20. The largest absolute Gasteiger partial charge is 0.487 e. The van der Waals surface area contributed by atoms with Gasteiger partial charge in [-0.3, -0.25) is 4.98 Å². The molecule has 0 bridgehead atoms. The van der Waals surface area contributed by atoms with Crippen LogP contribution in [0.5, 0.6) is 5.75 Å². The van der Waals surface area contributed by atoms with Gasteiger partial charge in [0.25, 0.3) is 0 Å². The molecule has 3 aromatic heterocycles. The summed E-state index contributed by atoms with van der Waals surface area (Å²) in [6.45, 7) is 5.73. The number of aryl methyl sites for hydroxylation is 2. The quantitative estimate of drug-likeness (QED) is 0.433. The molecule has 7 heteroatoms. The molecule has 6 rings (SSSR count). The molecule has 0 unspecified atom stereocenters. The Kier molecular flexibility index (Phi) is 4.40. The Bertz CT molecular complexity index is 1310. The zero-order chi connectivity index (χ0) is 21.9. The number of halogens is 1. The third kappa shape index (κ3) is 2.97. The van der Waals surface area contributed by atoms with Crippen molar-refractivity contribution < 1.29 is 4.74 Å². The first-order valence-electron chi connectivity index (χ1n) is 11.0. The highest BCUT2D eigenvalue weighted by Crippen LogP contribution is 2.42. The maximum absolute atomic E-state index is 6.61. The summed E-state index contributed by atoms with van der Waals surface area (Å²) in [5.74, 6) is 2.01. The number of nitrogens with zero attached hydrogens (tertiary/aromatic N) is 5. The van der Waals surface area contributed by atoms with Crippen molar-refractivity contribution in [2.24, 2.45) is 0 Å². The number of hydrogen-bond acceptors (Lipinski definition) is 5. The second-order valence-corrected chi connectivity index (χ2v) is 9.19. The molecule has 0 amide bonds. The van der Waals surface area contributed by atoms with Crippen molar-refractivity contribution >= 4 is 22.9 Å². The van der Waals surface area contributed by atoms with E-state index in [1.54, 1.807) is 6.20 Å². The highest BCUT2D eigenvalue weighted by Gasteiger charge is 2.42. The average Bonchev–Trinajstić information content (AvgIpc) is 3.41. The number of pyridine rings is 1. The fraction of sp³-hybridized carbons (Fsp3) is 0.320. The van der Waals surface area contributed by atoms with E-state index >= 15 is 0 Å². The molecular formula is C25H24ClN5O. The molecule has 0 saturated carbocycles. The van der Waals surface area contributed by atoms with Gasteiger partial charge in [0.2, 0.25) is 0 Å². The van der Waals surface area contributed by atoms with Gasteiger partial charge < -0.3 is 9.64 Å². The Morgan fingerprint density at radius 1 is 1.00 bits per heavy atom. The van der Waals surface area contributed by atoms with E-state index in [9.17, 15) is 0 Å². The summed E-state index contributed by atoms with van der Waals surface area (Å²) in [4.78, 5) is 11.7. The fourth-order valence-electron chi connectivity index (χ4n) is 5.12. The van der Waals surface area contributed by atoms with E-state index in [0.29, 0.717) is 5.02 Å². The van der Waals surface area contributed by atoms with Crippen LogP contribution in [0.15, 0.2) is 48.8 Å². The Morgan fingerprint density at radius 3 is 2.62 bits per heavy atom. The minimum atomic E-state index is -0.0895. The number of ether oxygens (including phenoxy) is 1. The van der Waals surface area contributed by atoms with Crippen molar-refractivity contribution in [1.82, 2.24) is 19.6 Å². The lowest BCUT2D eigenvalue weighted by Crippen LogP contribution is -2.47. The Balaban J connectivity index is 1.34. The predicted octanol–water partition coefficient (Wildman–Crippen LogP) is 5.04. The number of anilines is 1. The summed E-state index contributed by atoms with van der Waals surface area (Å²) in [5, 5.41) is 5.27. The number of fused-ring (bicyclic) bond motifs is 2. The van der Waals surface area contributed by atoms with Gasteiger partial charge in [-0.1, -0.05) is 29.8 Å². The van der Waals surface area contributed by atoms with Gasteiger partial charge in [-0.05, 0) is 37.6 Å². The molecule has 1 spiro atoms. The minimum absolute atomic E-state index is 0.0895. The lowest BCUT2D eigenvalue weighted by Gasteiger charge is -2.39. The van der Waals surface area contributed by atoms with Gasteiger partial charge in [0.15, 0.2) is 5.82 Å². The van der Waals surface area contributed by atoms with E-state index in [4.69, 9.17) is 21.3 Å². The maximum Gasteiger partial charge on any atom is 0.155 e. The summed E-state index contributed by atoms with van der Waals surface area (Å²) >= 11 is 6.61.